The molecule has 1 aromatic carbocycles. The molecule has 0 aliphatic heterocycles. The molecule has 0 spiro atoms. The van der Waals surface area contributed by atoms with E-state index in [1.807, 2.05) is 0 Å². The number of pyridine rings is 1. The number of benzene rings is 1. The first-order valence-corrected chi connectivity index (χ1v) is 6.48. The predicted octanol–water partition coefficient (Wildman–Crippen LogP) is 4.36. The Bertz CT molecular complexity index is 662. The summed E-state index contributed by atoms with van der Waals surface area (Å²) in [6.45, 7) is 1.66. The van der Waals surface area contributed by atoms with Gasteiger partial charge in [-0.3, -0.25) is 0 Å². The zero-order valence-corrected chi connectivity index (χ0v) is 12.3. The monoisotopic (exact) mass is 345 g/mol. The lowest BCUT2D eigenvalue weighted by molar-refractivity contribution is 0.580. The Labute approximate surface area is 122 Å². The molecule has 0 fully saturated rings. The molecule has 0 saturated heterocycles. The minimum atomic E-state index is -0.832. The van der Waals surface area contributed by atoms with Gasteiger partial charge >= 0.3 is 0 Å². The highest BCUT2D eigenvalue weighted by molar-refractivity contribution is 9.10. The minimum absolute atomic E-state index is 0.0762. The molecule has 0 saturated carbocycles. The Morgan fingerprint density at radius 2 is 1.65 bits per heavy atom. The standard InChI is InChI=1S/C13H11BrF3N3/c1-6-3-8(15)7(14)4-11(6)19-13-10(17)5-9(16)12(18-2)20-13/h3-5H,1-2H3,(H2,18,19,20). The number of nitrogens with zero attached hydrogens (tertiary/aromatic N) is 1. The Morgan fingerprint density at radius 3 is 2.30 bits per heavy atom. The average molecular weight is 346 g/mol. The molecule has 2 N–H and O–H groups in total. The van der Waals surface area contributed by atoms with E-state index in [1.54, 1.807) is 6.92 Å². The topological polar surface area (TPSA) is 37.0 Å². The van der Waals surface area contributed by atoms with Crippen LogP contribution in [0.25, 0.3) is 0 Å². The van der Waals surface area contributed by atoms with Gasteiger partial charge in [0, 0.05) is 18.8 Å². The van der Waals surface area contributed by atoms with E-state index in [2.05, 4.69) is 31.5 Å². The van der Waals surface area contributed by atoms with Crippen LogP contribution in [0.1, 0.15) is 5.56 Å². The fourth-order valence-electron chi connectivity index (χ4n) is 1.64. The van der Waals surface area contributed by atoms with E-state index < -0.39 is 17.5 Å². The molecule has 1 aromatic heterocycles. The van der Waals surface area contributed by atoms with Crippen molar-refractivity contribution in [2.45, 2.75) is 6.92 Å². The lowest BCUT2D eigenvalue weighted by atomic mass is 10.2. The van der Waals surface area contributed by atoms with Gasteiger partial charge in [0.15, 0.2) is 23.3 Å². The lowest BCUT2D eigenvalue weighted by Gasteiger charge is -2.12. The largest absolute Gasteiger partial charge is 0.371 e. The summed E-state index contributed by atoms with van der Waals surface area (Å²) in [4.78, 5) is 3.80. The van der Waals surface area contributed by atoms with Gasteiger partial charge in [0.05, 0.1) is 4.47 Å². The fraction of sp³-hybridized carbons (Fsp3) is 0.154. The molecule has 0 aliphatic rings. The second-order valence-electron chi connectivity index (χ2n) is 4.11. The molecule has 0 aliphatic carbocycles. The van der Waals surface area contributed by atoms with Crippen molar-refractivity contribution in [3.05, 3.63) is 45.7 Å². The summed E-state index contributed by atoms with van der Waals surface area (Å²) < 4.78 is 40.6. The molecule has 0 amide bonds. The van der Waals surface area contributed by atoms with Gasteiger partial charge < -0.3 is 10.6 Å². The van der Waals surface area contributed by atoms with Crippen molar-refractivity contribution in [1.29, 1.82) is 0 Å². The van der Waals surface area contributed by atoms with Gasteiger partial charge in [-0.25, -0.2) is 18.2 Å². The number of nitrogens with one attached hydrogen (secondary N) is 2. The number of rotatable bonds is 3. The predicted molar refractivity (Wildman–Crippen MR) is 75.8 cm³/mol. The van der Waals surface area contributed by atoms with Crippen LogP contribution in [0.15, 0.2) is 22.7 Å². The molecule has 20 heavy (non-hydrogen) atoms. The van der Waals surface area contributed by atoms with Crippen LogP contribution >= 0.6 is 15.9 Å². The summed E-state index contributed by atoms with van der Waals surface area (Å²) in [5.74, 6) is -2.25. The van der Waals surface area contributed by atoms with Crippen molar-refractivity contribution in [3.8, 4) is 0 Å². The summed E-state index contributed by atoms with van der Waals surface area (Å²) in [7, 11) is 1.48. The first-order valence-electron chi connectivity index (χ1n) is 5.69. The molecule has 0 atom stereocenters. The Kier molecular flexibility index (Phi) is 4.17. The first-order chi connectivity index (χ1) is 9.42. The maximum atomic E-state index is 13.7. The van der Waals surface area contributed by atoms with Crippen molar-refractivity contribution in [1.82, 2.24) is 4.98 Å². The Hall–Kier alpha value is -1.76. The van der Waals surface area contributed by atoms with E-state index in [0.717, 1.165) is 6.07 Å². The smallest absolute Gasteiger partial charge is 0.169 e. The molecule has 106 valence electrons. The number of hydrogen-bond donors (Lipinski definition) is 2. The number of aromatic nitrogens is 1. The van der Waals surface area contributed by atoms with E-state index in [4.69, 9.17) is 0 Å². The van der Waals surface area contributed by atoms with Crippen LogP contribution in [0.5, 0.6) is 0 Å². The molecule has 1 heterocycles. The Balaban J connectivity index is 2.42. The van der Waals surface area contributed by atoms with Gasteiger partial charge in [0.2, 0.25) is 0 Å². The van der Waals surface area contributed by atoms with Gasteiger partial charge in [-0.15, -0.1) is 0 Å². The van der Waals surface area contributed by atoms with Crippen LogP contribution in [0, 0.1) is 24.4 Å². The quantitative estimate of drug-likeness (QED) is 0.867. The van der Waals surface area contributed by atoms with E-state index in [0.29, 0.717) is 11.3 Å². The number of hydrogen-bond acceptors (Lipinski definition) is 3. The SMILES string of the molecule is CNc1nc(Nc2cc(Br)c(F)cc2C)c(F)cc1F. The maximum Gasteiger partial charge on any atom is 0.169 e. The summed E-state index contributed by atoms with van der Waals surface area (Å²) in [5.41, 5.74) is 1.04. The fourth-order valence-corrected chi connectivity index (χ4v) is 1.98. The minimum Gasteiger partial charge on any atom is -0.371 e. The number of anilines is 3. The van der Waals surface area contributed by atoms with Gasteiger partial charge in [0.1, 0.15) is 5.82 Å². The van der Waals surface area contributed by atoms with E-state index in [1.165, 1.54) is 19.2 Å². The van der Waals surface area contributed by atoms with E-state index >= 15 is 0 Å². The van der Waals surface area contributed by atoms with Crippen LogP contribution in [-0.4, -0.2) is 12.0 Å². The zero-order valence-electron chi connectivity index (χ0n) is 10.7. The normalized spacial score (nSPS) is 10.5. The highest BCUT2D eigenvalue weighted by Gasteiger charge is 2.13. The van der Waals surface area contributed by atoms with Gasteiger partial charge in [0.25, 0.3) is 0 Å². The third kappa shape index (κ3) is 2.87. The molecule has 0 bridgehead atoms. The molecule has 0 unspecified atom stereocenters. The summed E-state index contributed by atoms with van der Waals surface area (Å²) in [5, 5.41) is 5.24. The zero-order chi connectivity index (χ0) is 14.9. The van der Waals surface area contributed by atoms with Gasteiger partial charge in [-0.2, -0.15) is 0 Å². The molecule has 2 rings (SSSR count). The third-order valence-corrected chi connectivity index (χ3v) is 3.29. The van der Waals surface area contributed by atoms with Crippen molar-refractivity contribution >= 4 is 33.3 Å². The van der Waals surface area contributed by atoms with Crippen LogP contribution in [0.3, 0.4) is 0 Å². The summed E-state index contributed by atoms with van der Waals surface area (Å²) in [6, 6.07) is 3.50. The molecule has 0 radical (unpaired) electrons. The average Bonchev–Trinajstić information content (AvgIpc) is 2.38. The highest BCUT2D eigenvalue weighted by Crippen LogP contribution is 2.28. The van der Waals surface area contributed by atoms with Crippen LogP contribution in [0.4, 0.5) is 30.5 Å². The second kappa shape index (κ2) is 5.70. The van der Waals surface area contributed by atoms with Crippen LogP contribution < -0.4 is 10.6 Å². The molecule has 7 heteroatoms. The van der Waals surface area contributed by atoms with Crippen molar-refractivity contribution in [3.63, 3.8) is 0 Å². The van der Waals surface area contributed by atoms with Crippen LogP contribution in [0.2, 0.25) is 0 Å². The van der Waals surface area contributed by atoms with Crippen molar-refractivity contribution in [2.75, 3.05) is 17.7 Å². The van der Waals surface area contributed by atoms with Gasteiger partial charge in [-0.1, -0.05) is 0 Å². The molecular formula is C13H11BrF3N3. The van der Waals surface area contributed by atoms with Crippen molar-refractivity contribution < 1.29 is 13.2 Å². The first kappa shape index (κ1) is 14.6. The second-order valence-corrected chi connectivity index (χ2v) is 4.96. The third-order valence-electron chi connectivity index (χ3n) is 2.69. The highest BCUT2D eigenvalue weighted by atomic mass is 79.9. The molecule has 3 nitrogen and oxygen atoms in total. The van der Waals surface area contributed by atoms with Crippen LogP contribution in [-0.2, 0) is 0 Å². The summed E-state index contributed by atoms with van der Waals surface area (Å²) in [6.07, 6.45) is 0. The lowest BCUT2D eigenvalue weighted by Crippen LogP contribution is -2.04. The number of halogens is 4. The van der Waals surface area contributed by atoms with Crippen molar-refractivity contribution in [2.24, 2.45) is 0 Å². The number of aryl methyl sites for hydroxylation is 1. The van der Waals surface area contributed by atoms with E-state index in [9.17, 15) is 13.2 Å². The van der Waals surface area contributed by atoms with Gasteiger partial charge in [-0.05, 0) is 40.5 Å². The van der Waals surface area contributed by atoms with E-state index in [-0.39, 0.29) is 16.1 Å². The molecular weight excluding hydrogens is 335 g/mol. The Morgan fingerprint density at radius 1 is 1.00 bits per heavy atom. The summed E-state index contributed by atoms with van der Waals surface area (Å²) >= 11 is 3.05. The maximum absolute atomic E-state index is 13.7. The molecule has 2 aromatic rings.